The van der Waals surface area contributed by atoms with Crippen LogP contribution in [0.25, 0.3) is 0 Å². The average Bonchev–Trinajstić information content (AvgIpc) is 2.82. The van der Waals surface area contributed by atoms with E-state index in [0.29, 0.717) is 17.3 Å². The Balaban J connectivity index is 2.12. The maximum atomic E-state index is 13.6. The van der Waals surface area contributed by atoms with E-state index >= 15 is 0 Å². The van der Waals surface area contributed by atoms with Crippen LogP contribution in [0.4, 0.5) is 4.39 Å². The van der Waals surface area contributed by atoms with Crippen molar-refractivity contribution in [2.45, 2.75) is 38.6 Å². The van der Waals surface area contributed by atoms with Crippen LogP contribution in [0, 0.1) is 11.7 Å². The van der Waals surface area contributed by atoms with E-state index in [1.54, 1.807) is 12.1 Å². The van der Waals surface area contributed by atoms with Crippen molar-refractivity contribution in [1.29, 1.82) is 0 Å². The number of benzene rings is 1. The smallest absolute Gasteiger partial charge is 0.128 e. The number of nitrogens with zero attached hydrogens (tertiary/aromatic N) is 1. The fraction of sp³-hybridized carbons (Fsp3) is 0.500. The van der Waals surface area contributed by atoms with E-state index in [-0.39, 0.29) is 11.9 Å². The first-order valence-electron chi connectivity index (χ1n) is 6.26. The summed E-state index contributed by atoms with van der Waals surface area (Å²) >= 11 is 0. The lowest BCUT2D eigenvalue weighted by Crippen LogP contribution is -2.22. The second-order valence-electron chi connectivity index (χ2n) is 4.73. The van der Waals surface area contributed by atoms with E-state index in [2.05, 4.69) is 4.99 Å². The van der Waals surface area contributed by atoms with Crippen LogP contribution in [-0.4, -0.2) is 5.84 Å². The molecule has 1 unspecified atom stereocenters. The molecule has 0 aromatic heterocycles. The Morgan fingerprint density at radius 1 is 1.35 bits per heavy atom. The summed E-state index contributed by atoms with van der Waals surface area (Å²) in [6.07, 6.45) is 4.71. The summed E-state index contributed by atoms with van der Waals surface area (Å²) in [7, 11) is 0. The summed E-state index contributed by atoms with van der Waals surface area (Å²) in [6.45, 7) is 1.89. The molecule has 17 heavy (non-hydrogen) atoms. The Morgan fingerprint density at radius 2 is 2.00 bits per heavy atom. The third-order valence-electron chi connectivity index (χ3n) is 3.47. The van der Waals surface area contributed by atoms with Crippen molar-refractivity contribution < 1.29 is 4.39 Å². The highest BCUT2D eigenvalue weighted by Crippen LogP contribution is 2.27. The Hall–Kier alpha value is -1.38. The van der Waals surface area contributed by atoms with Crippen LogP contribution in [0.1, 0.15) is 44.2 Å². The highest BCUT2D eigenvalue weighted by molar-refractivity contribution is 5.83. The van der Waals surface area contributed by atoms with E-state index < -0.39 is 0 Å². The van der Waals surface area contributed by atoms with E-state index in [4.69, 9.17) is 5.73 Å². The largest absolute Gasteiger partial charge is 0.387 e. The molecule has 0 bridgehead atoms. The van der Waals surface area contributed by atoms with Gasteiger partial charge in [-0.05, 0) is 25.8 Å². The zero-order valence-electron chi connectivity index (χ0n) is 10.2. The van der Waals surface area contributed by atoms with Gasteiger partial charge in [-0.3, -0.25) is 4.99 Å². The Kier molecular flexibility index (Phi) is 3.77. The topological polar surface area (TPSA) is 38.4 Å². The lowest BCUT2D eigenvalue weighted by Gasteiger charge is -2.13. The molecule has 0 saturated heterocycles. The minimum absolute atomic E-state index is 0.197. The van der Waals surface area contributed by atoms with E-state index in [1.165, 1.54) is 18.9 Å². The summed E-state index contributed by atoms with van der Waals surface area (Å²) in [6, 6.07) is 6.56. The predicted molar refractivity (Wildman–Crippen MR) is 68.4 cm³/mol. The molecule has 3 heteroatoms. The van der Waals surface area contributed by atoms with Gasteiger partial charge in [0.05, 0.1) is 11.9 Å². The van der Waals surface area contributed by atoms with Gasteiger partial charge in [-0.25, -0.2) is 4.39 Å². The minimum Gasteiger partial charge on any atom is -0.387 e. The molecule has 0 spiro atoms. The molecule has 2 rings (SSSR count). The molecular weight excluding hydrogens is 215 g/mol. The molecular formula is C14H19FN2. The van der Waals surface area contributed by atoms with Gasteiger partial charge in [0.1, 0.15) is 5.82 Å². The predicted octanol–water partition coefficient (Wildman–Crippen LogP) is 3.43. The van der Waals surface area contributed by atoms with Gasteiger partial charge in [-0.1, -0.05) is 31.0 Å². The first-order valence-corrected chi connectivity index (χ1v) is 6.26. The molecule has 1 aromatic rings. The van der Waals surface area contributed by atoms with Gasteiger partial charge >= 0.3 is 0 Å². The second-order valence-corrected chi connectivity index (χ2v) is 4.73. The van der Waals surface area contributed by atoms with Crippen LogP contribution >= 0.6 is 0 Å². The van der Waals surface area contributed by atoms with Crippen molar-refractivity contribution in [3.8, 4) is 0 Å². The molecule has 1 aliphatic rings. The molecule has 2 N–H and O–H groups in total. The fourth-order valence-corrected chi connectivity index (χ4v) is 2.43. The summed E-state index contributed by atoms with van der Waals surface area (Å²) in [5.74, 6) is 0.894. The van der Waals surface area contributed by atoms with Gasteiger partial charge in [0.2, 0.25) is 0 Å². The number of hydrogen-bond acceptors (Lipinski definition) is 1. The van der Waals surface area contributed by atoms with Crippen molar-refractivity contribution >= 4 is 5.84 Å². The maximum Gasteiger partial charge on any atom is 0.128 e. The van der Waals surface area contributed by atoms with Crippen LogP contribution < -0.4 is 5.73 Å². The molecule has 0 heterocycles. The maximum absolute atomic E-state index is 13.6. The number of nitrogens with two attached hydrogens (primary N) is 1. The lowest BCUT2D eigenvalue weighted by molar-refractivity contribution is 0.592. The van der Waals surface area contributed by atoms with E-state index in [1.807, 2.05) is 13.0 Å². The molecule has 0 radical (unpaired) electrons. The van der Waals surface area contributed by atoms with Gasteiger partial charge in [0.25, 0.3) is 0 Å². The van der Waals surface area contributed by atoms with Crippen LogP contribution in [0.15, 0.2) is 29.3 Å². The average molecular weight is 234 g/mol. The Bertz CT molecular complexity index is 408. The van der Waals surface area contributed by atoms with Gasteiger partial charge in [-0.2, -0.15) is 0 Å². The molecule has 1 fully saturated rings. The molecule has 1 aliphatic carbocycles. The summed E-state index contributed by atoms with van der Waals surface area (Å²) in [5, 5.41) is 0. The lowest BCUT2D eigenvalue weighted by atomic mass is 10.1. The van der Waals surface area contributed by atoms with Gasteiger partial charge < -0.3 is 5.73 Å². The van der Waals surface area contributed by atoms with Crippen molar-refractivity contribution in [3.05, 3.63) is 35.6 Å². The molecule has 1 atom stereocenters. The number of hydrogen-bond donors (Lipinski definition) is 1. The van der Waals surface area contributed by atoms with Gasteiger partial charge in [0, 0.05) is 11.5 Å². The fourth-order valence-electron chi connectivity index (χ4n) is 2.43. The zero-order valence-corrected chi connectivity index (χ0v) is 10.2. The Morgan fingerprint density at radius 3 is 2.65 bits per heavy atom. The second kappa shape index (κ2) is 5.30. The first kappa shape index (κ1) is 12.1. The van der Waals surface area contributed by atoms with Crippen molar-refractivity contribution in [3.63, 3.8) is 0 Å². The Labute approximate surface area is 102 Å². The van der Waals surface area contributed by atoms with Crippen molar-refractivity contribution in [2.75, 3.05) is 0 Å². The number of aliphatic imine (C=N–C) groups is 1. The summed E-state index contributed by atoms with van der Waals surface area (Å²) in [5.41, 5.74) is 6.61. The van der Waals surface area contributed by atoms with E-state index in [9.17, 15) is 4.39 Å². The van der Waals surface area contributed by atoms with E-state index in [0.717, 1.165) is 12.8 Å². The summed E-state index contributed by atoms with van der Waals surface area (Å²) in [4.78, 5) is 4.44. The normalized spacial score (nSPS) is 19.5. The van der Waals surface area contributed by atoms with Crippen LogP contribution in [-0.2, 0) is 0 Å². The summed E-state index contributed by atoms with van der Waals surface area (Å²) < 4.78 is 13.6. The van der Waals surface area contributed by atoms with Crippen molar-refractivity contribution in [1.82, 2.24) is 0 Å². The van der Waals surface area contributed by atoms with Crippen LogP contribution in [0.3, 0.4) is 0 Å². The number of rotatable bonds is 3. The minimum atomic E-state index is -0.206. The molecule has 92 valence electrons. The molecule has 0 aliphatic heterocycles. The molecule has 0 amide bonds. The van der Waals surface area contributed by atoms with Gasteiger partial charge in [0.15, 0.2) is 0 Å². The standard InChI is InChI=1S/C14H19FN2/c1-10(12-8-4-5-9-13(12)15)17-14(16)11-6-2-3-7-11/h4-5,8-11H,2-3,6-7H2,1H3,(H2,16,17). The van der Waals surface area contributed by atoms with Crippen LogP contribution in [0.5, 0.6) is 0 Å². The third-order valence-corrected chi connectivity index (χ3v) is 3.47. The SMILES string of the molecule is CC(N=C(N)C1CCCC1)c1ccccc1F. The quantitative estimate of drug-likeness (QED) is 0.631. The number of amidine groups is 1. The molecule has 1 saturated carbocycles. The van der Waals surface area contributed by atoms with Gasteiger partial charge in [-0.15, -0.1) is 0 Å². The highest BCUT2D eigenvalue weighted by atomic mass is 19.1. The zero-order chi connectivity index (χ0) is 12.3. The highest BCUT2D eigenvalue weighted by Gasteiger charge is 2.19. The van der Waals surface area contributed by atoms with Crippen molar-refractivity contribution in [2.24, 2.45) is 16.6 Å². The first-order chi connectivity index (χ1) is 8.18. The third kappa shape index (κ3) is 2.84. The number of halogens is 1. The molecule has 2 nitrogen and oxygen atoms in total. The molecule has 1 aromatic carbocycles. The monoisotopic (exact) mass is 234 g/mol. The van der Waals surface area contributed by atoms with Crippen LogP contribution in [0.2, 0.25) is 0 Å².